The van der Waals surface area contributed by atoms with Crippen molar-refractivity contribution in [2.45, 2.75) is 13.5 Å². The van der Waals surface area contributed by atoms with Crippen molar-refractivity contribution < 1.29 is 4.39 Å². The first-order valence-corrected chi connectivity index (χ1v) is 5.08. The van der Waals surface area contributed by atoms with Gasteiger partial charge in [0, 0.05) is 17.1 Å². The summed E-state index contributed by atoms with van der Waals surface area (Å²) in [6, 6.07) is 6.50. The van der Waals surface area contributed by atoms with Crippen LogP contribution in [-0.2, 0) is 6.54 Å². The van der Waals surface area contributed by atoms with Crippen molar-refractivity contribution in [2.24, 2.45) is 0 Å². The molecule has 0 saturated carbocycles. The van der Waals surface area contributed by atoms with Crippen LogP contribution in [0.2, 0.25) is 5.02 Å². The number of rotatable bonds is 4. The van der Waals surface area contributed by atoms with E-state index >= 15 is 0 Å². The Bertz CT molecular complexity index is 373. The van der Waals surface area contributed by atoms with Crippen molar-refractivity contribution in [1.82, 2.24) is 4.90 Å². The topological polar surface area (TPSA) is 27.0 Å². The van der Waals surface area contributed by atoms with E-state index in [1.54, 1.807) is 6.07 Å². The van der Waals surface area contributed by atoms with Crippen molar-refractivity contribution in [3.8, 4) is 6.07 Å². The molecule has 0 amide bonds. The maximum Gasteiger partial charge on any atom is 0.127 e. The molecule has 0 saturated heterocycles. The van der Waals surface area contributed by atoms with Gasteiger partial charge in [-0.1, -0.05) is 18.5 Å². The minimum atomic E-state index is -0.282. The minimum absolute atomic E-state index is 0.282. The lowest BCUT2D eigenvalue weighted by Gasteiger charge is -2.16. The highest BCUT2D eigenvalue weighted by Crippen LogP contribution is 2.16. The Balaban J connectivity index is 2.78. The molecule has 0 aliphatic rings. The van der Waals surface area contributed by atoms with Crippen LogP contribution < -0.4 is 0 Å². The fraction of sp³-hybridized carbons (Fsp3) is 0.364. The molecule has 15 heavy (non-hydrogen) atoms. The Hall–Kier alpha value is -1.11. The van der Waals surface area contributed by atoms with Crippen LogP contribution in [0, 0.1) is 17.1 Å². The van der Waals surface area contributed by atoms with Crippen LogP contribution in [0.4, 0.5) is 4.39 Å². The van der Waals surface area contributed by atoms with Gasteiger partial charge in [0.05, 0.1) is 12.6 Å². The lowest BCUT2D eigenvalue weighted by atomic mass is 10.2. The molecule has 4 heteroatoms. The third kappa shape index (κ3) is 3.50. The van der Waals surface area contributed by atoms with Gasteiger partial charge in [0.1, 0.15) is 5.82 Å². The first-order valence-electron chi connectivity index (χ1n) is 4.70. The molecule has 80 valence electrons. The van der Waals surface area contributed by atoms with Crippen LogP contribution in [0.1, 0.15) is 12.5 Å². The number of hydrogen-bond donors (Lipinski definition) is 0. The quantitative estimate of drug-likeness (QED) is 0.739. The fourth-order valence-electron chi connectivity index (χ4n) is 1.28. The molecule has 0 fully saturated rings. The van der Waals surface area contributed by atoms with E-state index in [2.05, 4.69) is 0 Å². The SMILES string of the molecule is CCN(CC#N)Cc1cc(Cl)ccc1F. The van der Waals surface area contributed by atoms with Crippen LogP contribution in [0.25, 0.3) is 0 Å². The lowest BCUT2D eigenvalue weighted by Crippen LogP contribution is -2.23. The number of halogens is 2. The molecule has 0 atom stereocenters. The van der Waals surface area contributed by atoms with Gasteiger partial charge in [-0.3, -0.25) is 4.90 Å². The summed E-state index contributed by atoms with van der Waals surface area (Å²) < 4.78 is 13.3. The van der Waals surface area contributed by atoms with Gasteiger partial charge in [0.2, 0.25) is 0 Å². The Kier molecular flexibility index (Phi) is 4.54. The molecule has 0 heterocycles. The molecule has 0 aromatic heterocycles. The predicted molar refractivity (Wildman–Crippen MR) is 58.0 cm³/mol. The summed E-state index contributed by atoms with van der Waals surface area (Å²) in [4.78, 5) is 1.84. The van der Waals surface area contributed by atoms with E-state index in [0.29, 0.717) is 30.2 Å². The first-order chi connectivity index (χ1) is 7.17. The van der Waals surface area contributed by atoms with E-state index in [0.717, 1.165) is 0 Å². The maximum atomic E-state index is 13.3. The van der Waals surface area contributed by atoms with Crippen LogP contribution in [0.3, 0.4) is 0 Å². The average Bonchev–Trinajstić information content (AvgIpc) is 2.22. The highest BCUT2D eigenvalue weighted by molar-refractivity contribution is 6.30. The third-order valence-electron chi connectivity index (χ3n) is 2.14. The van der Waals surface area contributed by atoms with Gasteiger partial charge in [-0.25, -0.2) is 4.39 Å². The standard InChI is InChI=1S/C11H12ClFN2/c1-2-15(6-5-14)8-9-7-10(12)3-4-11(9)13/h3-4,7H,2,6,8H2,1H3. The van der Waals surface area contributed by atoms with E-state index in [9.17, 15) is 4.39 Å². The molecule has 1 rings (SSSR count). The second-order valence-corrected chi connectivity index (χ2v) is 3.63. The molecule has 2 nitrogen and oxygen atoms in total. The van der Waals surface area contributed by atoms with Gasteiger partial charge in [0.25, 0.3) is 0 Å². The molecule has 0 N–H and O–H groups in total. The van der Waals surface area contributed by atoms with Crippen LogP contribution in [0.5, 0.6) is 0 Å². The summed E-state index contributed by atoms with van der Waals surface area (Å²) in [5, 5.41) is 9.07. The fourth-order valence-corrected chi connectivity index (χ4v) is 1.48. The summed E-state index contributed by atoms with van der Waals surface area (Å²) in [6.07, 6.45) is 0. The summed E-state index contributed by atoms with van der Waals surface area (Å²) >= 11 is 5.77. The van der Waals surface area contributed by atoms with E-state index < -0.39 is 0 Å². The Morgan fingerprint density at radius 2 is 2.27 bits per heavy atom. The van der Waals surface area contributed by atoms with E-state index in [1.807, 2.05) is 17.9 Å². The van der Waals surface area contributed by atoms with Gasteiger partial charge in [-0.05, 0) is 24.7 Å². The van der Waals surface area contributed by atoms with Crippen molar-refractivity contribution >= 4 is 11.6 Å². The van der Waals surface area contributed by atoms with Crippen LogP contribution in [-0.4, -0.2) is 18.0 Å². The average molecular weight is 227 g/mol. The van der Waals surface area contributed by atoms with Gasteiger partial charge in [-0.2, -0.15) is 5.26 Å². The zero-order valence-corrected chi connectivity index (χ0v) is 9.26. The van der Waals surface area contributed by atoms with Crippen molar-refractivity contribution in [1.29, 1.82) is 5.26 Å². The molecular formula is C11H12ClFN2. The lowest BCUT2D eigenvalue weighted by molar-refractivity contribution is 0.309. The minimum Gasteiger partial charge on any atom is -0.286 e. The molecule has 0 aliphatic carbocycles. The molecule has 0 unspecified atom stereocenters. The monoisotopic (exact) mass is 226 g/mol. The van der Waals surface area contributed by atoms with Crippen molar-refractivity contribution in [2.75, 3.05) is 13.1 Å². The summed E-state index contributed by atoms with van der Waals surface area (Å²) in [7, 11) is 0. The predicted octanol–water partition coefficient (Wildman–Crippen LogP) is 2.82. The van der Waals surface area contributed by atoms with E-state index in [1.165, 1.54) is 12.1 Å². The maximum absolute atomic E-state index is 13.3. The van der Waals surface area contributed by atoms with Gasteiger partial charge in [0.15, 0.2) is 0 Å². The number of nitriles is 1. The molecule has 0 radical (unpaired) electrons. The highest BCUT2D eigenvalue weighted by Gasteiger charge is 2.07. The molecule has 0 bridgehead atoms. The summed E-state index contributed by atoms with van der Waals surface area (Å²) in [5.41, 5.74) is 0.527. The van der Waals surface area contributed by atoms with Gasteiger partial charge in [-0.15, -0.1) is 0 Å². The van der Waals surface area contributed by atoms with Crippen LogP contribution >= 0.6 is 11.6 Å². The Morgan fingerprint density at radius 1 is 1.53 bits per heavy atom. The second-order valence-electron chi connectivity index (χ2n) is 3.20. The number of nitrogens with zero attached hydrogens (tertiary/aromatic N) is 2. The highest BCUT2D eigenvalue weighted by atomic mass is 35.5. The normalized spacial score (nSPS) is 10.3. The Morgan fingerprint density at radius 3 is 2.87 bits per heavy atom. The zero-order valence-electron chi connectivity index (χ0n) is 8.50. The van der Waals surface area contributed by atoms with Crippen molar-refractivity contribution in [3.05, 3.63) is 34.6 Å². The van der Waals surface area contributed by atoms with E-state index in [-0.39, 0.29) is 5.82 Å². The second kappa shape index (κ2) is 5.69. The van der Waals surface area contributed by atoms with Gasteiger partial charge >= 0.3 is 0 Å². The molecule has 1 aromatic rings. The molecule has 0 aliphatic heterocycles. The third-order valence-corrected chi connectivity index (χ3v) is 2.38. The summed E-state index contributed by atoms with van der Waals surface area (Å²) in [5.74, 6) is -0.282. The zero-order chi connectivity index (χ0) is 11.3. The summed E-state index contributed by atoms with van der Waals surface area (Å²) in [6.45, 7) is 3.35. The number of benzene rings is 1. The van der Waals surface area contributed by atoms with Gasteiger partial charge < -0.3 is 0 Å². The largest absolute Gasteiger partial charge is 0.286 e. The van der Waals surface area contributed by atoms with Crippen LogP contribution in [0.15, 0.2) is 18.2 Å². The van der Waals surface area contributed by atoms with E-state index in [4.69, 9.17) is 16.9 Å². The molecule has 0 spiro atoms. The molecule has 1 aromatic carbocycles. The molecular weight excluding hydrogens is 215 g/mol. The van der Waals surface area contributed by atoms with Crippen molar-refractivity contribution in [3.63, 3.8) is 0 Å². The Labute approximate surface area is 93.9 Å². The first kappa shape index (κ1) is 12.0. The smallest absolute Gasteiger partial charge is 0.127 e. The number of hydrogen-bond acceptors (Lipinski definition) is 2.